The molecule has 0 amide bonds. The standard InChI is InChI=1S/C14H30N2O/c1-12-10-16(11-13(2)17-12)9-8-15-7-6-14(3,4)5/h12-13,15H,6-11H2,1-5H3. The molecule has 1 fully saturated rings. The summed E-state index contributed by atoms with van der Waals surface area (Å²) < 4.78 is 5.73. The first-order chi connectivity index (χ1) is 7.87. The fourth-order valence-corrected chi connectivity index (χ4v) is 2.29. The second kappa shape index (κ2) is 6.72. The van der Waals surface area contributed by atoms with Crippen LogP contribution in [0.25, 0.3) is 0 Å². The molecule has 1 heterocycles. The van der Waals surface area contributed by atoms with Gasteiger partial charge in [-0.3, -0.25) is 4.90 Å². The van der Waals surface area contributed by atoms with E-state index in [1.165, 1.54) is 6.42 Å². The molecule has 1 aliphatic heterocycles. The minimum atomic E-state index is 0.383. The summed E-state index contributed by atoms with van der Waals surface area (Å²) in [6, 6.07) is 0. The molecule has 2 unspecified atom stereocenters. The van der Waals surface area contributed by atoms with Gasteiger partial charge in [-0.05, 0) is 32.2 Å². The predicted molar refractivity (Wildman–Crippen MR) is 73.4 cm³/mol. The van der Waals surface area contributed by atoms with Gasteiger partial charge in [0.05, 0.1) is 12.2 Å². The van der Waals surface area contributed by atoms with Crippen molar-refractivity contribution in [2.24, 2.45) is 5.41 Å². The van der Waals surface area contributed by atoms with Crippen LogP contribution in [0.3, 0.4) is 0 Å². The zero-order chi connectivity index (χ0) is 12.9. The van der Waals surface area contributed by atoms with Crippen LogP contribution < -0.4 is 5.32 Å². The Morgan fingerprint density at radius 1 is 1.12 bits per heavy atom. The van der Waals surface area contributed by atoms with E-state index in [1.807, 2.05) is 0 Å². The molecule has 0 bridgehead atoms. The number of hydrogen-bond donors (Lipinski definition) is 1. The van der Waals surface area contributed by atoms with Crippen LogP contribution in [0.15, 0.2) is 0 Å². The summed E-state index contributed by atoms with van der Waals surface area (Å²) in [7, 11) is 0. The molecule has 2 atom stereocenters. The molecule has 17 heavy (non-hydrogen) atoms. The van der Waals surface area contributed by atoms with Gasteiger partial charge in [-0.25, -0.2) is 0 Å². The maximum atomic E-state index is 5.73. The van der Waals surface area contributed by atoms with Gasteiger partial charge in [0, 0.05) is 26.2 Å². The fourth-order valence-electron chi connectivity index (χ4n) is 2.29. The highest BCUT2D eigenvalue weighted by atomic mass is 16.5. The van der Waals surface area contributed by atoms with E-state index >= 15 is 0 Å². The largest absolute Gasteiger partial charge is 0.373 e. The molecule has 0 radical (unpaired) electrons. The minimum absolute atomic E-state index is 0.383. The molecule has 0 saturated carbocycles. The number of ether oxygens (including phenoxy) is 1. The number of hydrogen-bond acceptors (Lipinski definition) is 3. The predicted octanol–water partition coefficient (Wildman–Crippen LogP) is 2.12. The molecule has 0 aromatic rings. The van der Waals surface area contributed by atoms with Gasteiger partial charge in [-0.15, -0.1) is 0 Å². The molecule has 1 rings (SSSR count). The van der Waals surface area contributed by atoms with Gasteiger partial charge in [0.1, 0.15) is 0 Å². The summed E-state index contributed by atoms with van der Waals surface area (Å²) >= 11 is 0. The van der Waals surface area contributed by atoms with E-state index in [9.17, 15) is 0 Å². The topological polar surface area (TPSA) is 24.5 Å². The molecule has 0 aromatic heterocycles. The molecule has 0 aromatic carbocycles. The Kier molecular flexibility index (Phi) is 5.90. The van der Waals surface area contributed by atoms with E-state index in [4.69, 9.17) is 4.74 Å². The van der Waals surface area contributed by atoms with E-state index in [2.05, 4.69) is 44.8 Å². The van der Waals surface area contributed by atoms with E-state index in [-0.39, 0.29) is 0 Å². The Morgan fingerprint density at radius 2 is 1.71 bits per heavy atom. The van der Waals surface area contributed by atoms with Crippen LogP contribution in [0.5, 0.6) is 0 Å². The first kappa shape index (κ1) is 14.9. The molecule has 102 valence electrons. The van der Waals surface area contributed by atoms with Crippen LogP contribution in [0.1, 0.15) is 41.0 Å². The van der Waals surface area contributed by atoms with Crippen LogP contribution in [0.4, 0.5) is 0 Å². The maximum Gasteiger partial charge on any atom is 0.0678 e. The maximum absolute atomic E-state index is 5.73. The van der Waals surface area contributed by atoms with Gasteiger partial charge in [0.2, 0.25) is 0 Å². The summed E-state index contributed by atoms with van der Waals surface area (Å²) in [5.41, 5.74) is 0.439. The van der Waals surface area contributed by atoms with Crippen molar-refractivity contribution in [3.05, 3.63) is 0 Å². The Bertz CT molecular complexity index is 203. The summed E-state index contributed by atoms with van der Waals surface area (Å²) in [5, 5.41) is 3.54. The lowest BCUT2D eigenvalue weighted by atomic mass is 9.92. The monoisotopic (exact) mass is 242 g/mol. The average molecular weight is 242 g/mol. The third kappa shape index (κ3) is 7.02. The highest BCUT2D eigenvalue weighted by Gasteiger charge is 2.21. The number of nitrogens with zero attached hydrogens (tertiary/aromatic N) is 1. The highest BCUT2D eigenvalue weighted by Crippen LogP contribution is 2.16. The van der Waals surface area contributed by atoms with Crippen LogP contribution in [0.2, 0.25) is 0 Å². The van der Waals surface area contributed by atoms with E-state index < -0.39 is 0 Å². The quantitative estimate of drug-likeness (QED) is 0.747. The summed E-state index contributed by atoms with van der Waals surface area (Å²) in [5.74, 6) is 0. The van der Waals surface area contributed by atoms with Crippen molar-refractivity contribution in [3.8, 4) is 0 Å². The highest BCUT2D eigenvalue weighted by molar-refractivity contribution is 4.73. The normalized spacial score (nSPS) is 27.4. The van der Waals surface area contributed by atoms with Crippen molar-refractivity contribution < 1.29 is 4.74 Å². The Morgan fingerprint density at radius 3 is 2.24 bits per heavy atom. The van der Waals surface area contributed by atoms with Crippen LogP contribution in [-0.2, 0) is 4.74 Å². The van der Waals surface area contributed by atoms with Gasteiger partial charge in [0.15, 0.2) is 0 Å². The molecule has 3 nitrogen and oxygen atoms in total. The van der Waals surface area contributed by atoms with Crippen molar-refractivity contribution in [2.75, 3.05) is 32.7 Å². The molecule has 3 heteroatoms. The third-order valence-corrected chi connectivity index (χ3v) is 3.15. The zero-order valence-corrected chi connectivity index (χ0v) is 12.3. The van der Waals surface area contributed by atoms with Crippen molar-refractivity contribution in [2.45, 2.75) is 53.2 Å². The Hall–Kier alpha value is -0.120. The van der Waals surface area contributed by atoms with Gasteiger partial charge >= 0.3 is 0 Å². The lowest BCUT2D eigenvalue weighted by molar-refractivity contribution is -0.0674. The van der Waals surface area contributed by atoms with Crippen molar-refractivity contribution in [1.29, 1.82) is 0 Å². The zero-order valence-electron chi connectivity index (χ0n) is 12.3. The van der Waals surface area contributed by atoms with Gasteiger partial charge in [-0.2, -0.15) is 0 Å². The van der Waals surface area contributed by atoms with Crippen molar-refractivity contribution in [1.82, 2.24) is 10.2 Å². The molecular formula is C14H30N2O. The minimum Gasteiger partial charge on any atom is -0.373 e. The molecule has 1 N–H and O–H groups in total. The molecule has 0 spiro atoms. The van der Waals surface area contributed by atoms with E-state index in [1.54, 1.807) is 0 Å². The molecule has 1 saturated heterocycles. The molecule has 0 aliphatic carbocycles. The number of morpholine rings is 1. The fraction of sp³-hybridized carbons (Fsp3) is 1.00. The summed E-state index contributed by atoms with van der Waals surface area (Å²) in [6.45, 7) is 16.7. The van der Waals surface area contributed by atoms with Crippen LogP contribution >= 0.6 is 0 Å². The van der Waals surface area contributed by atoms with E-state index in [0.717, 1.165) is 32.7 Å². The first-order valence-corrected chi connectivity index (χ1v) is 6.95. The number of rotatable bonds is 5. The summed E-state index contributed by atoms with van der Waals surface area (Å²) in [4.78, 5) is 2.50. The molecular weight excluding hydrogens is 212 g/mol. The smallest absolute Gasteiger partial charge is 0.0678 e. The van der Waals surface area contributed by atoms with Crippen molar-refractivity contribution in [3.63, 3.8) is 0 Å². The second-order valence-corrected chi connectivity index (χ2v) is 6.58. The molecule has 1 aliphatic rings. The lowest BCUT2D eigenvalue weighted by Gasteiger charge is -2.35. The van der Waals surface area contributed by atoms with E-state index in [0.29, 0.717) is 17.6 Å². The number of nitrogens with one attached hydrogen (secondary N) is 1. The van der Waals surface area contributed by atoms with Crippen molar-refractivity contribution >= 4 is 0 Å². The lowest BCUT2D eigenvalue weighted by Crippen LogP contribution is -2.47. The van der Waals surface area contributed by atoms with Gasteiger partial charge < -0.3 is 10.1 Å². The second-order valence-electron chi connectivity index (χ2n) is 6.58. The summed E-state index contributed by atoms with van der Waals surface area (Å²) in [6.07, 6.45) is 2.00. The van der Waals surface area contributed by atoms with Crippen LogP contribution in [-0.4, -0.2) is 49.8 Å². The van der Waals surface area contributed by atoms with Gasteiger partial charge in [-0.1, -0.05) is 20.8 Å². The Balaban J connectivity index is 2.06. The van der Waals surface area contributed by atoms with Gasteiger partial charge in [0.25, 0.3) is 0 Å². The average Bonchev–Trinajstić information content (AvgIpc) is 2.13. The third-order valence-electron chi connectivity index (χ3n) is 3.15. The van der Waals surface area contributed by atoms with Crippen LogP contribution in [0, 0.1) is 5.41 Å². The Labute approximate surface area is 107 Å². The first-order valence-electron chi connectivity index (χ1n) is 6.95. The SMILES string of the molecule is CC1CN(CCNCCC(C)(C)C)CC(C)O1.